The van der Waals surface area contributed by atoms with Crippen molar-refractivity contribution >= 4 is 5.82 Å². The first-order valence-electron chi connectivity index (χ1n) is 6.79. The molecule has 1 fully saturated rings. The molecule has 2 heterocycles. The molecule has 6 heteroatoms. The highest BCUT2D eigenvalue weighted by molar-refractivity contribution is 5.54. The number of rotatable bonds is 5. The third kappa shape index (κ3) is 2.68. The van der Waals surface area contributed by atoms with Crippen molar-refractivity contribution in [1.29, 1.82) is 0 Å². The van der Waals surface area contributed by atoms with Crippen molar-refractivity contribution in [2.45, 2.75) is 25.7 Å². The standard InChI is InChI=1S/C14H17N5O/c1-3-15-12-6-10(9-4-5-9)18-14(19-12)11-7-13(20-2)17-8-16-11/h6-9H,3-5H2,1-2H3,(H,15,18,19). The summed E-state index contributed by atoms with van der Waals surface area (Å²) < 4.78 is 5.12. The number of anilines is 1. The lowest BCUT2D eigenvalue weighted by atomic mass is 10.2. The van der Waals surface area contributed by atoms with Crippen molar-refractivity contribution < 1.29 is 4.74 Å². The summed E-state index contributed by atoms with van der Waals surface area (Å²) in [6, 6.07) is 3.78. The van der Waals surface area contributed by atoms with Crippen LogP contribution in [-0.4, -0.2) is 33.6 Å². The van der Waals surface area contributed by atoms with E-state index in [0.29, 0.717) is 23.3 Å². The lowest BCUT2D eigenvalue weighted by molar-refractivity contribution is 0.397. The molecule has 0 aromatic carbocycles. The van der Waals surface area contributed by atoms with Crippen LogP contribution in [0, 0.1) is 0 Å². The lowest BCUT2D eigenvalue weighted by Gasteiger charge is -2.08. The van der Waals surface area contributed by atoms with Crippen LogP contribution in [0.4, 0.5) is 5.82 Å². The van der Waals surface area contributed by atoms with Crippen LogP contribution in [0.15, 0.2) is 18.5 Å². The number of methoxy groups -OCH3 is 1. The minimum Gasteiger partial charge on any atom is -0.481 e. The van der Waals surface area contributed by atoms with Crippen molar-refractivity contribution in [3.63, 3.8) is 0 Å². The van der Waals surface area contributed by atoms with E-state index < -0.39 is 0 Å². The predicted octanol–water partition coefficient (Wildman–Crippen LogP) is 2.25. The van der Waals surface area contributed by atoms with Gasteiger partial charge in [-0.1, -0.05) is 0 Å². The molecule has 1 saturated carbocycles. The van der Waals surface area contributed by atoms with E-state index in [1.54, 1.807) is 13.2 Å². The Bertz CT molecular complexity index is 612. The summed E-state index contributed by atoms with van der Waals surface area (Å²) in [6.45, 7) is 2.87. The maximum Gasteiger partial charge on any atom is 0.216 e. The molecule has 104 valence electrons. The van der Waals surface area contributed by atoms with Crippen LogP contribution in [0.5, 0.6) is 5.88 Å². The zero-order chi connectivity index (χ0) is 13.9. The molecule has 0 radical (unpaired) electrons. The largest absolute Gasteiger partial charge is 0.481 e. The normalized spacial score (nSPS) is 14.1. The molecule has 1 aliphatic rings. The third-order valence-electron chi connectivity index (χ3n) is 3.18. The van der Waals surface area contributed by atoms with Gasteiger partial charge in [-0.3, -0.25) is 0 Å². The molecule has 6 nitrogen and oxygen atoms in total. The maximum atomic E-state index is 5.12. The number of nitrogens with one attached hydrogen (secondary N) is 1. The van der Waals surface area contributed by atoms with Crippen molar-refractivity contribution in [2.24, 2.45) is 0 Å². The van der Waals surface area contributed by atoms with Crippen LogP contribution in [0.25, 0.3) is 11.5 Å². The summed E-state index contributed by atoms with van der Waals surface area (Å²) in [6.07, 6.45) is 3.87. The fourth-order valence-corrected chi connectivity index (χ4v) is 2.01. The van der Waals surface area contributed by atoms with Gasteiger partial charge in [0.1, 0.15) is 17.8 Å². The van der Waals surface area contributed by atoms with Crippen LogP contribution >= 0.6 is 0 Å². The Kier molecular flexibility index (Phi) is 3.45. The van der Waals surface area contributed by atoms with E-state index >= 15 is 0 Å². The Balaban J connectivity index is 2.01. The summed E-state index contributed by atoms with van der Waals surface area (Å²) in [7, 11) is 1.58. The Morgan fingerprint density at radius 2 is 2.10 bits per heavy atom. The topological polar surface area (TPSA) is 72.8 Å². The van der Waals surface area contributed by atoms with E-state index in [-0.39, 0.29) is 0 Å². The fraction of sp³-hybridized carbons (Fsp3) is 0.429. The van der Waals surface area contributed by atoms with Crippen molar-refractivity contribution in [1.82, 2.24) is 19.9 Å². The van der Waals surface area contributed by atoms with Gasteiger partial charge >= 0.3 is 0 Å². The second kappa shape index (κ2) is 5.40. The maximum absolute atomic E-state index is 5.12. The van der Waals surface area contributed by atoms with E-state index in [9.17, 15) is 0 Å². The highest BCUT2D eigenvalue weighted by Crippen LogP contribution is 2.40. The smallest absolute Gasteiger partial charge is 0.216 e. The summed E-state index contributed by atoms with van der Waals surface area (Å²) in [5, 5.41) is 3.24. The number of aromatic nitrogens is 4. The quantitative estimate of drug-likeness (QED) is 0.899. The average molecular weight is 271 g/mol. The third-order valence-corrected chi connectivity index (χ3v) is 3.18. The summed E-state index contributed by atoms with van der Waals surface area (Å²) in [5.74, 6) is 2.54. The molecule has 0 spiro atoms. The zero-order valence-corrected chi connectivity index (χ0v) is 11.6. The molecule has 0 saturated heterocycles. The van der Waals surface area contributed by atoms with E-state index in [4.69, 9.17) is 4.74 Å². The molecule has 1 N–H and O–H groups in total. The second-order valence-corrected chi connectivity index (χ2v) is 4.75. The molecule has 2 aromatic rings. The van der Waals surface area contributed by atoms with Crippen molar-refractivity contribution in [3.8, 4) is 17.4 Å². The molecule has 20 heavy (non-hydrogen) atoms. The summed E-state index contributed by atoms with van der Waals surface area (Å²) in [4.78, 5) is 17.4. The van der Waals surface area contributed by atoms with Gasteiger partial charge in [0.15, 0.2) is 5.82 Å². The molecule has 0 aliphatic heterocycles. The molecule has 0 bridgehead atoms. The minimum absolute atomic E-state index is 0.514. The number of hydrogen-bond donors (Lipinski definition) is 1. The van der Waals surface area contributed by atoms with Gasteiger partial charge in [-0.15, -0.1) is 0 Å². The van der Waals surface area contributed by atoms with E-state index in [0.717, 1.165) is 18.1 Å². The molecule has 2 aromatic heterocycles. The van der Waals surface area contributed by atoms with Gasteiger partial charge < -0.3 is 10.1 Å². The van der Waals surface area contributed by atoms with Gasteiger partial charge in [0, 0.05) is 30.3 Å². The molecular weight excluding hydrogens is 254 g/mol. The van der Waals surface area contributed by atoms with Crippen LogP contribution in [-0.2, 0) is 0 Å². The Labute approximate surface area is 117 Å². The first-order valence-corrected chi connectivity index (χ1v) is 6.79. The number of hydrogen-bond acceptors (Lipinski definition) is 6. The highest BCUT2D eigenvalue weighted by Gasteiger charge is 2.26. The molecular formula is C14H17N5O. The van der Waals surface area contributed by atoms with Gasteiger partial charge in [0.25, 0.3) is 0 Å². The van der Waals surface area contributed by atoms with Crippen molar-refractivity contribution in [2.75, 3.05) is 19.0 Å². The molecule has 0 amide bonds. The SMILES string of the molecule is CCNc1cc(C2CC2)nc(-c2cc(OC)ncn2)n1. The molecule has 0 atom stereocenters. The van der Waals surface area contributed by atoms with E-state index in [2.05, 4.69) is 25.3 Å². The summed E-state index contributed by atoms with van der Waals surface area (Å²) in [5.41, 5.74) is 1.77. The predicted molar refractivity (Wildman–Crippen MR) is 75.7 cm³/mol. The number of ether oxygens (including phenoxy) is 1. The van der Waals surface area contributed by atoms with E-state index in [1.165, 1.54) is 19.2 Å². The van der Waals surface area contributed by atoms with Crippen LogP contribution < -0.4 is 10.1 Å². The van der Waals surface area contributed by atoms with Crippen molar-refractivity contribution in [3.05, 3.63) is 24.2 Å². The minimum atomic E-state index is 0.514. The van der Waals surface area contributed by atoms with E-state index in [1.807, 2.05) is 13.0 Å². The van der Waals surface area contributed by atoms with Gasteiger partial charge in [0.05, 0.1) is 7.11 Å². The Morgan fingerprint density at radius 3 is 2.80 bits per heavy atom. The zero-order valence-electron chi connectivity index (χ0n) is 11.6. The number of nitrogens with zero attached hydrogens (tertiary/aromatic N) is 4. The Morgan fingerprint density at radius 1 is 1.25 bits per heavy atom. The summed E-state index contributed by atoms with van der Waals surface area (Å²) >= 11 is 0. The average Bonchev–Trinajstić information content (AvgIpc) is 3.32. The first kappa shape index (κ1) is 12.8. The highest BCUT2D eigenvalue weighted by atomic mass is 16.5. The van der Waals surface area contributed by atoms with Crippen LogP contribution in [0.2, 0.25) is 0 Å². The van der Waals surface area contributed by atoms with Crippen LogP contribution in [0.3, 0.4) is 0 Å². The fourth-order valence-electron chi connectivity index (χ4n) is 2.01. The Hall–Kier alpha value is -2.24. The molecule has 3 rings (SSSR count). The lowest BCUT2D eigenvalue weighted by Crippen LogP contribution is -2.04. The van der Waals surface area contributed by atoms with Gasteiger partial charge in [-0.05, 0) is 19.8 Å². The first-order chi connectivity index (χ1) is 9.80. The van der Waals surface area contributed by atoms with Crippen LogP contribution in [0.1, 0.15) is 31.4 Å². The molecule has 1 aliphatic carbocycles. The monoisotopic (exact) mass is 271 g/mol. The molecule has 0 unspecified atom stereocenters. The van der Waals surface area contributed by atoms with Gasteiger partial charge in [-0.2, -0.15) is 0 Å². The van der Waals surface area contributed by atoms with Gasteiger partial charge in [-0.25, -0.2) is 19.9 Å². The van der Waals surface area contributed by atoms with Gasteiger partial charge in [0.2, 0.25) is 5.88 Å². The second-order valence-electron chi connectivity index (χ2n) is 4.75.